The summed E-state index contributed by atoms with van der Waals surface area (Å²) in [7, 11) is 0. The number of nitrogens with zero attached hydrogens (tertiary/aromatic N) is 2. The molecule has 0 saturated heterocycles. The summed E-state index contributed by atoms with van der Waals surface area (Å²) in [5, 5.41) is 4.37. The highest BCUT2D eigenvalue weighted by molar-refractivity contribution is 6.34. The molecule has 2 aromatic rings. The molecular formula is C15H17Cl2N3O. The Bertz CT molecular complexity index is 589. The van der Waals surface area contributed by atoms with E-state index in [4.69, 9.17) is 27.9 Å². The first-order valence-electron chi connectivity index (χ1n) is 6.52. The van der Waals surface area contributed by atoms with Gasteiger partial charge in [0.15, 0.2) is 0 Å². The number of halogens is 2. The smallest absolute Gasteiger partial charge is 0.237 e. The number of benzene rings is 1. The Labute approximate surface area is 134 Å². The lowest BCUT2D eigenvalue weighted by Crippen LogP contribution is -2.35. The van der Waals surface area contributed by atoms with Crippen LogP contribution >= 0.6 is 23.2 Å². The van der Waals surface area contributed by atoms with Gasteiger partial charge in [0.1, 0.15) is 5.75 Å². The standard InChI is InChI=1S/C15H17Cl2N3O/c1-15(2,3)20-8-12-7-19-14(9-18-12)21-13-5-10(16)4-11(17)6-13/h4-7,9,20H,8H2,1-3H3. The molecule has 0 bridgehead atoms. The molecule has 6 heteroatoms. The van der Waals surface area contributed by atoms with E-state index in [1.165, 1.54) is 0 Å². The zero-order valence-corrected chi connectivity index (χ0v) is 13.7. The van der Waals surface area contributed by atoms with Crippen molar-refractivity contribution >= 4 is 23.2 Å². The molecule has 4 nitrogen and oxygen atoms in total. The van der Waals surface area contributed by atoms with Crippen molar-refractivity contribution in [3.63, 3.8) is 0 Å². The van der Waals surface area contributed by atoms with Gasteiger partial charge in [-0.05, 0) is 39.0 Å². The summed E-state index contributed by atoms with van der Waals surface area (Å²) in [4.78, 5) is 8.53. The van der Waals surface area contributed by atoms with Crippen LogP contribution in [0.3, 0.4) is 0 Å². The van der Waals surface area contributed by atoms with Crippen molar-refractivity contribution in [2.45, 2.75) is 32.9 Å². The Hall–Kier alpha value is -1.36. The minimum atomic E-state index is 0.0361. The molecule has 21 heavy (non-hydrogen) atoms. The lowest BCUT2D eigenvalue weighted by Gasteiger charge is -2.19. The lowest BCUT2D eigenvalue weighted by molar-refractivity contribution is 0.418. The molecule has 0 aliphatic heterocycles. The van der Waals surface area contributed by atoms with Gasteiger partial charge in [0, 0.05) is 22.1 Å². The number of ether oxygens (including phenoxy) is 1. The molecule has 0 saturated carbocycles. The molecule has 0 spiro atoms. The van der Waals surface area contributed by atoms with Gasteiger partial charge in [-0.1, -0.05) is 23.2 Å². The van der Waals surface area contributed by atoms with E-state index in [1.54, 1.807) is 30.6 Å². The van der Waals surface area contributed by atoms with Gasteiger partial charge in [-0.25, -0.2) is 4.98 Å². The predicted molar refractivity (Wildman–Crippen MR) is 85.2 cm³/mol. The van der Waals surface area contributed by atoms with Crippen molar-refractivity contribution in [3.05, 3.63) is 46.3 Å². The van der Waals surface area contributed by atoms with Crippen LogP contribution < -0.4 is 10.1 Å². The van der Waals surface area contributed by atoms with Crippen LogP contribution in [0.2, 0.25) is 10.0 Å². The third kappa shape index (κ3) is 5.50. The molecule has 112 valence electrons. The Morgan fingerprint density at radius 1 is 1.05 bits per heavy atom. The van der Waals surface area contributed by atoms with Gasteiger partial charge in [0.05, 0.1) is 18.1 Å². The molecular weight excluding hydrogens is 309 g/mol. The Kier molecular flexibility index (Phi) is 5.04. The number of aromatic nitrogens is 2. The van der Waals surface area contributed by atoms with E-state index in [-0.39, 0.29) is 5.54 Å². The van der Waals surface area contributed by atoms with Gasteiger partial charge < -0.3 is 10.1 Å². The van der Waals surface area contributed by atoms with Crippen LogP contribution in [0.5, 0.6) is 11.6 Å². The Balaban J connectivity index is 2.02. The van der Waals surface area contributed by atoms with Crippen molar-refractivity contribution in [2.75, 3.05) is 0 Å². The highest BCUT2D eigenvalue weighted by atomic mass is 35.5. The zero-order chi connectivity index (χ0) is 15.5. The minimum Gasteiger partial charge on any atom is -0.437 e. The lowest BCUT2D eigenvalue weighted by atomic mass is 10.1. The topological polar surface area (TPSA) is 47.0 Å². The van der Waals surface area contributed by atoms with Crippen LogP contribution in [-0.4, -0.2) is 15.5 Å². The molecule has 0 unspecified atom stereocenters. The first-order chi connectivity index (χ1) is 9.82. The van der Waals surface area contributed by atoms with E-state index >= 15 is 0 Å². The van der Waals surface area contributed by atoms with Gasteiger partial charge in [0.2, 0.25) is 5.88 Å². The zero-order valence-electron chi connectivity index (χ0n) is 12.2. The fourth-order valence-corrected chi connectivity index (χ4v) is 2.06. The Morgan fingerprint density at radius 2 is 1.71 bits per heavy atom. The molecule has 0 fully saturated rings. The summed E-state index contributed by atoms with van der Waals surface area (Å²) >= 11 is 11.8. The SMILES string of the molecule is CC(C)(C)NCc1cnc(Oc2cc(Cl)cc(Cl)c2)cn1. The van der Waals surface area contributed by atoms with Crippen LogP contribution in [0.15, 0.2) is 30.6 Å². The maximum absolute atomic E-state index is 5.92. The summed E-state index contributed by atoms with van der Waals surface area (Å²) in [6.07, 6.45) is 3.26. The van der Waals surface area contributed by atoms with E-state index in [0.29, 0.717) is 28.2 Å². The average Bonchev–Trinajstić information content (AvgIpc) is 2.36. The predicted octanol–water partition coefficient (Wildman–Crippen LogP) is 4.46. The van der Waals surface area contributed by atoms with E-state index in [9.17, 15) is 0 Å². The monoisotopic (exact) mass is 325 g/mol. The van der Waals surface area contributed by atoms with Crippen LogP contribution in [0.1, 0.15) is 26.5 Å². The van der Waals surface area contributed by atoms with Crippen molar-refractivity contribution < 1.29 is 4.74 Å². The molecule has 0 aliphatic rings. The number of hydrogen-bond acceptors (Lipinski definition) is 4. The normalized spacial score (nSPS) is 11.5. The molecule has 2 rings (SSSR count). The molecule has 0 aliphatic carbocycles. The number of nitrogens with one attached hydrogen (secondary N) is 1. The van der Waals surface area contributed by atoms with Gasteiger partial charge in [-0.15, -0.1) is 0 Å². The fraction of sp³-hybridized carbons (Fsp3) is 0.333. The van der Waals surface area contributed by atoms with Crippen LogP contribution in [0.25, 0.3) is 0 Å². The summed E-state index contributed by atoms with van der Waals surface area (Å²) in [6, 6.07) is 4.98. The first-order valence-corrected chi connectivity index (χ1v) is 7.27. The molecule has 1 N–H and O–H groups in total. The second kappa shape index (κ2) is 6.60. The summed E-state index contributed by atoms with van der Waals surface area (Å²) in [5.41, 5.74) is 0.885. The average molecular weight is 326 g/mol. The largest absolute Gasteiger partial charge is 0.437 e. The summed E-state index contributed by atoms with van der Waals surface area (Å²) < 4.78 is 5.58. The van der Waals surface area contributed by atoms with E-state index in [1.807, 2.05) is 0 Å². The summed E-state index contributed by atoms with van der Waals surface area (Å²) in [6.45, 7) is 6.95. The van der Waals surface area contributed by atoms with E-state index in [2.05, 4.69) is 36.1 Å². The van der Waals surface area contributed by atoms with Crippen molar-refractivity contribution in [1.82, 2.24) is 15.3 Å². The second-order valence-electron chi connectivity index (χ2n) is 5.66. The van der Waals surface area contributed by atoms with E-state index in [0.717, 1.165) is 5.69 Å². The number of rotatable bonds is 4. The quantitative estimate of drug-likeness (QED) is 0.901. The Morgan fingerprint density at radius 3 is 2.24 bits per heavy atom. The van der Waals surface area contributed by atoms with Crippen LogP contribution in [0.4, 0.5) is 0 Å². The van der Waals surface area contributed by atoms with Crippen LogP contribution in [-0.2, 0) is 6.54 Å². The van der Waals surface area contributed by atoms with E-state index < -0.39 is 0 Å². The van der Waals surface area contributed by atoms with Gasteiger partial charge in [-0.3, -0.25) is 4.98 Å². The highest BCUT2D eigenvalue weighted by Gasteiger charge is 2.09. The minimum absolute atomic E-state index is 0.0361. The third-order valence-electron chi connectivity index (χ3n) is 2.54. The van der Waals surface area contributed by atoms with Gasteiger partial charge in [-0.2, -0.15) is 0 Å². The van der Waals surface area contributed by atoms with Gasteiger partial charge >= 0.3 is 0 Å². The van der Waals surface area contributed by atoms with Crippen molar-refractivity contribution in [1.29, 1.82) is 0 Å². The first kappa shape index (κ1) is 16.0. The summed E-state index contributed by atoms with van der Waals surface area (Å²) in [5.74, 6) is 0.926. The molecule has 1 aromatic heterocycles. The molecule has 0 atom stereocenters. The fourth-order valence-electron chi connectivity index (χ4n) is 1.55. The number of hydrogen-bond donors (Lipinski definition) is 1. The highest BCUT2D eigenvalue weighted by Crippen LogP contribution is 2.27. The maximum Gasteiger partial charge on any atom is 0.237 e. The molecule has 0 radical (unpaired) electrons. The van der Waals surface area contributed by atoms with Crippen LogP contribution in [0, 0.1) is 0 Å². The maximum atomic E-state index is 5.92. The second-order valence-corrected chi connectivity index (χ2v) is 6.53. The molecule has 0 amide bonds. The van der Waals surface area contributed by atoms with Gasteiger partial charge in [0.25, 0.3) is 0 Å². The third-order valence-corrected chi connectivity index (χ3v) is 2.98. The van der Waals surface area contributed by atoms with Crippen molar-refractivity contribution in [2.24, 2.45) is 0 Å². The van der Waals surface area contributed by atoms with Crippen molar-refractivity contribution in [3.8, 4) is 11.6 Å². The molecule has 1 aromatic carbocycles. The molecule has 1 heterocycles.